The number of aromatic nitrogens is 2. The maximum absolute atomic E-state index is 12.7. The molecule has 8 heteroatoms. The van der Waals surface area contributed by atoms with Crippen molar-refractivity contribution in [3.05, 3.63) is 52.4 Å². The summed E-state index contributed by atoms with van der Waals surface area (Å²) in [5, 5.41) is 10.2. The number of benzene rings is 1. The van der Waals surface area contributed by atoms with Crippen LogP contribution in [-0.4, -0.2) is 39.8 Å². The van der Waals surface area contributed by atoms with Crippen LogP contribution in [0, 0.1) is 0 Å². The Morgan fingerprint density at radius 1 is 1.31 bits per heavy atom. The zero-order chi connectivity index (χ0) is 18.5. The van der Waals surface area contributed by atoms with E-state index in [1.165, 1.54) is 23.1 Å². The zero-order valence-corrected chi connectivity index (χ0v) is 16.1. The van der Waals surface area contributed by atoms with E-state index in [1.54, 1.807) is 18.1 Å². The average molecular weight is 387 g/mol. The van der Waals surface area contributed by atoms with Gasteiger partial charge in [-0.2, -0.15) is 4.99 Å². The van der Waals surface area contributed by atoms with E-state index < -0.39 is 0 Å². The molecule has 0 N–H and O–H groups in total. The van der Waals surface area contributed by atoms with Gasteiger partial charge in [-0.1, -0.05) is 36.5 Å². The minimum atomic E-state index is -0.0929. The predicted molar refractivity (Wildman–Crippen MR) is 107 cm³/mol. The van der Waals surface area contributed by atoms with Gasteiger partial charge in [-0.25, -0.2) is 0 Å². The summed E-state index contributed by atoms with van der Waals surface area (Å²) >= 11 is 2.76. The lowest BCUT2D eigenvalue weighted by Gasteiger charge is -2.11. The highest BCUT2D eigenvalue weighted by atomic mass is 32.2. The molecule has 26 heavy (non-hydrogen) atoms. The van der Waals surface area contributed by atoms with Gasteiger partial charge in [0.1, 0.15) is 10.8 Å². The first kappa shape index (κ1) is 18.3. The van der Waals surface area contributed by atoms with Gasteiger partial charge in [-0.3, -0.25) is 9.69 Å². The third-order valence-electron chi connectivity index (χ3n) is 3.56. The molecule has 1 aliphatic rings. The maximum Gasteiger partial charge on any atom is 0.267 e. The number of rotatable bonds is 6. The van der Waals surface area contributed by atoms with E-state index >= 15 is 0 Å². The van der Waals surface area contributed by atoms with Crippen LogP contribution in [0.4, 0.5) is 5.13 Å². The molecule has 1 amide bonds. The van der Waals surface area contributed by atoms with Gasteiger partial charge in [-0.15, -0.1) is 16.8 Å². The molecule has 1 aromatic carbocycles. The van der Waals surface area contributed by atoms with Crippen molar-refractivity contribution >= 4 is 45.4 Å². The number of hydrogen-bond donors (Lipinski definition) is 0. The average Bonchev–Trinajstić information content (AvgIpc) is 3.23. The fourth-order valence-electron chi connectivity index (χ4n) is 2.25. The highest BCUT2D eigenvalue weighted by Gasteiger charge is 2.32. The summed E-state index contributed by atoms with van der Waals surface area (Å²) < 4.78 is 5.16. The lowest BCUT2D eigenvalue weighted by atomic mass is 10.2. The molecule has 1 aromatic heterocycles. The number of amides is 1. The summed E-state index contributed by atoms with van der Waals surface area (Å²) in [5.74, 6) is 0.681. The molecule has 2 heterocycles. The molecule has 1 saturated heterocycles. The Hall–Kier alpha value is -2.45. The number of aryl methyl sites for hydroxylation is 1. The molecule has 0 atom stereocenters. The van der Waals surface area contributed by atoms with E-state index in [1.807, 2.05) is 37.3 Å². The summed E-state index contributed by atoms with van der Waals surface area (Å²) in [6.07, 6.45) is 4.35. The SMILES string of the molecule is C=CCN1C(=O)/C(=C\c2ccc(OC)cc2)SC1=Nc1nnc(CC)s1. The van der Waals surface area contributed by atoms with Crippen molar-refractivity contribution in [2.24, 2.45) is 4.99 Å². The van der Waals surface area contributed by atoms with Crippen molar-refractivity contribution in [2.75, 3.05) is 13.7 Å². The quantitative estimate of drug-likeness (QED) is 0.556. The number of carbonyl (C=O) groups is 1. The number of nitrogens with zero attached hydrogens (tertiary/aromatic N) is 4. The molecule has 0 bridgehead atoms. The van der Waals surface area contributed by atoms with E-state index in [0.29, 0.717) is 21.7 Å². The minimum Gasteiger partial charge on any atom is -0.497 e. The third kappa shape index (κ3) is 4.03. The fourth-order valence-corrected chi connectivity index (χ4v) is 3.94. The summed E-state index contributed by atoms with van der Waals surface area (Å²) in [5.41, 5.74) is 0.922. The molecule has 134 valence electrons. The van der Waals surface area contributed by atoms with E-state index in [4.69, 9.17) is 4.74 Å². The number of ether oxygens (including phenoxy) is 1. The van der Waals surface area contributed by atoms with Crippen molar-refractivity contribution in [3.63, 3.8) is 0 Å². The molecule has 1 fully saturated rings. The Morgan fingerprint density at radius 2 is 2.08 bits per heavy atom. The Kier molecular flexibility index (Phi) is 5.85. The summed E-state index contributed by atoms with van der Waals surface area (Å²) in [6, 6.07) is 7.54. The van der Waals surface area contributed by atoms with E-state index in [9.17, 15) is 4.79 Å². The van der Waals surface area contributed by atoms with E-state index in [2.05, 4.69) is 21.8 Å². The van der Waals surface area contributed by atoms with Crippen LogP contribution in [0.2, 0.25) is 0 Å². The Labute approximate surface area is 160 Å². The number of hydrogen-bond acceptors (Lipinski definition) is 7. The predicted octanol–water partition coefficient (Wildman–Crippen LogP) is 3.90. The minimum absolute atomic E-state index is 0.0929. The number of aliphatic imine (C=N–C) groups is 1. The van der Waals surface area contributed by atoms with Gasteiger partial charge in [0.05, 0.1) is 12.0 Å². The summed E-state index contributed by atoms with van der Waals surface area (Å²) in [6.45, 7) is 6.14. The first-order valence-corrected chi connectivity index (χ1v) is 9.65. The molecule has 1 aliphatic heterocycles. The standard InChI is InChI=1S/C18H18N4O2S2/c1-4-10-22-16(23)14(11-12-6-8-13(24-3)9-7-12)25-18(22)19-17-21-20-15(5-2)26-17/h4,6-9,11H,1,5,10H2,2-3H3/b14-11+,19-18?. The summed E-state index contributed by atoms with van der Waals surface area (Å²) in [7, 11) is 1.62. The third-order valence-corrected chi connectivity index (χ3v) is 5.53. The lowest BCUT2D eigenvalue weighted by molar-refractivity contribution is -0.121. The first-order valence-electron chi connectivity index (χ1n) is 8.02. The smallest absolute Gasteiger partial charge is 0.267 e. The van der Waals surface area contributed by atoms with Gasteiger partial charge in [-0.05, 0) is 42.0 Å². The number of carbonyl (C=O) groups excluding carboxylic acids is 1. The molecule has 0 saturated carbocycles. The van der Waals surface area contributed by atoms with Gasteiger partial charge in [0.2, 0.25) is 5.13 Å². The largest absolute Gasteiger partial charge is 0.497 e. The van der Waals surface area contributed by atoms with Gasteiger partial charge in [0.25, 0.3) is 5.91 Å². The molecule has 6 nitrogen and oxygen atoms in total. The van der Waals surface area contributed by atoms with E-state index in [-0.39, 0.29) is 5.91 Å². The van der Waals surface area contributed by atoms with Gasteiger partial charge in [0, 0.05) is 6.54 Å². The molecule has 3 rings (SSSR count). The second-order valence-corrected chi connectivity index (χ2v) is 7.36. The number of methoxy groups -OCH3 is 1. The van der Waals surface area contributed by atoms with Crippen molar-refractivity contribution in [1.29, 1.82) is 0 Å². The van der Waals surface area contributed by atoms with Crippen LogP contribution in [0.5, 0.6) is 5.75 Å². The van der Waals surface area contributed by atoms with Crippen LogP contribution in [0.1, 0.15) is 17.5 Å². The van der Waals surface area contributed by atoms with Crippen molar-refractivity contribution in [1.82, 2.24) is 15.1 Å². The van der Waals surface area contributed by atoms with Crippen LogP contribution in [0.3, 0.4) is 0 Å². The first-order chi connectivity index (χ1) is 12.6. The van der Waals surface area contributed by atoms with Crippen LogP contribution < -0.4 is 4.74 Å². The second-order valence-electron chi connectivity index (χ2n) is 5.31. The van der Waals surface area contributed by atoms with Gasteiger partial charge < -0.3 is 4.74 Å². The van der Waals surface area contributed by atoms with Gasteiger partial charge in [0.15, 0.2) is 5.17 Å². The summed E-state index contributed by atoms with van der Waals surface area (Å²) in [4.78, 5) is 19.5. The normalized spacial score (nSPS) is 17.3. The van der Waals surface area contributed by atoms with Crippen molar-refractivity contribution in [2.45, 2.75) is 13.3 Å². The van der Waals surface area contributed by atoms with Crippen molar-refractivity contribution < 1.29 is 9.53 Å². The van der Waals surface area contributed by atoms with Crippen molar-refractivity contribution in [3.8, 4) is 5.75 Å². The van der Waals surface area contributed by atoms with Crippen LogP contribution in [0.15, 0.2) is 46.8 Å². The number of amidine groups is 1. The van der Waals surface area contributed by atoms with Crippen LogP contribution in [-0.2, 0) is 11.2 Å². The zero-order valence-electron chi connectivity index (χ0n) is 14.5. The lowest BCUT2D eigenvalue weighted by Crippen LogP contribution is -2.29. The number of thioether (sulfide) groups is 1. The molecule has 2 aromatic rings. The van der Waals surface area contributed by atoms with Gasteiger partial charge >= 0.3 is 0 Å². The Morgan fingerprint density at radius 3 is 2.69 bits per heavy atom. The molecular formula is C18H18N4O2S2. The second kappa shape index (κ2) is 8.29. The van der Waals surface area contributed by atoms with Crippen LogP contribution >= 0.6 is 23.1 Å². The molecule has 0 aliphatic carbocycles. The molecular weight excluding hydrogens is 368 g/mol. The highest BCUT2D eigenvalue weighted by molar-refractivity contribution is 8.18. The topological polar surface area (TPSA) is 67.7 Å². The maximum atomic E-state index is 12.7. The highest BCUT2D eigenvalue weighted by Crippen LogP contribution is 2.34. The molecule has 0 unspecified atom stereocenters. The Balaban J connectivity index is 1.89. The fraction of sp³-hybridized carbons (Fsp3) is 0.222. The van der Waals surface area contributed by atoms with E-state index in [0.717, 1.165) is 22.7 Å². The Bertz CT molecular complexity index is 872. The molecule has 0 spiro atoms. The molecule has 0 radical (unpaired) electrons. The monoisotopic (exact) mass is 386 g/mol. The van der Waals surface area contributed by atoms with Crippen LogP contribution in [0.25, 0.3) is 6.08 Å².